The molecule has 0 aromatic heterocycles. The van der Waals surface area contributed by atoms with Crippen molar-refractivity contribution in [2.45, 2.75) is 51.6 Å². The van der Waals surface area contributed by atoms with Crippen molar-refractivity contribution in [2.24, 2.45) is 5.92 Å². The highest BCUT2D eigenvalue weighted by atomic mass is 15.1. The van der Waals surface area contributed by atoms with Crippen molar-refractivity contribution in [1.29, 1.82) is 0 Å². The first-order valence-electron chi connectivity index (χ1n) is 6.12. The fourth-order valence-corrected chi connectivity index (χ4v) is 2.17. The highest BCUT2D eigenvalue weighted by Crippen LogP contribution is 2.22. The molecule has 0 atom stereocenters. The van der Waals surface area contributed by atoms with Crippen molar-refractivity contribution in [3.05, 3.63) is 12.3 Å². The van der Waals surface area contributed by atoms with E-state index in [0.29, 0.717) is 12.0 Å². The fourth-order valence-electron chi connectivity index (χ4n) is 2.17. The van der Waals surface area contributed by atoms with Gasteiger partial charge in [0.2, 0.25) is 0 Å². The summed E-state index contributed by atoms with van der Waals surface area (Å²) in [6.45, 7) is 8.47. The second-order valence-electron chi connectivity index (χ2n) is 5.29. The third kappa shape index (κ3) is 3.86. The quantitative estimate of drug-likeness (QED) is 0.767. The molecule has 15 heavy (non-hydrogen) atoms. The van der Waals surface area contributed by atoms with E-state index in [-0.39, 0.29) is 0 Å². The number of hydrogen-bond donors (Lipinski definition) is 1. The van der Waals surface area contributed by atoms with Gasteiger partial charge in [-0.15, -0.1) is 0 Å². The van der Waals surface area contributed by atoms with E-state index in [0.717, 1.165) is 6.04 Å². The van der Waals surface area contributed by atoms with Crippen molar-refractivity contribution < 1.29 is 0 Å². The number of nitrogens with one attached hydrogen (secondary N) is 1. The molecule has 2 heteroatoms. The summed E-state index contributed by atoms with van der Waals surface area (Å²) in [5, 5.41) is 3.56. The molecule has 88 valence electrons. The van der Waals surface area contributed by atoms with Gasteiger partial charge >= 0.3 is 0 Å². The molecule has 1 fully saturated rings. The van der Waals surface area contributed by atoms with Crippen LogP contribution in [0.4, 0.5) is 0 Å². The average Bonchev–Trinajstić information content (AvgIpc) is 2.18. The van der Waals surface area contributed by atoms with Crippen molar-refractivity contribution in [1.82, 2.24) is 10.2 Å². The highest BCUT2D eigenvalue weighted by molar-refractivity contribution is 4.98. The van der Waals surface area contributed by atoms with Gasteiger partial charge in [0.15, 0.2) is 0 Å². The van der Waals surface area contributed by atoms with Gasteiger partial charge in [0, 0.05) is 17.8 Å². The van der Waals surface area contributed by atoms with Gasteiger partial charge in [0.25, 0.3) is 0 Å². The number of nitrogens with zero attached hydrogens (tertiary/aromatic N) is 1. The minimum absolute atomic E-state index is 0.552. The molecule has 1 saturated carbocycles. The molecule has 0 amide bonds. The molecule has 0 heterocycles. The smallest absolute Gasteiger partial charge is 0.0259 e. The van der Waals surface area contributed by atoms with Crippen LogP contribution in [-0.4, -0.2) is 31.1 Å². The summed E-state index contributed by atoms with van der Waals surface area (Å²) in [7, 11) is 4.37. The largest absolute Gasteiger partial charge is 0.386 e. The minimum Gasteiger partial charge on any atom is -0.386 e. The van der Waals surface area contributed by atoms with E-state index in [1.54, 1.807) is 0 Å². The van der Waals surface area contributed by atoms with E-state index in [2.05, 4.69) is 44.7 Å². The van der Waals surface area contributed by atoms with Gasteiger partial charge in [-0.05, 0) is 45.7 Å². The Bertz CT molecular complexity index is 201. The average molecular weight is 210 g/mol. The summed E-state index contributed by atoms with van der Waals surface area (Å²) < 4.78 is 0. The Morgan fingerprint density at radius 3 is 2.13 bits per heavy atom. The first-order chi connectivity index (χ1) is 7.00. The first-order valence-corrected chi connectivity index (χ1v) is 6.12. The van der Waals surface area contributed by atoms with E-state index < -0.39 is 0 Å². The molecular weight excluding hydrogens is 184 g/mol. The lowest BCUT2D eigenvalue weighted by molar-refractivity contribution is 0.207. The molecule has 0 radical (unpaired) electrons. The van der Waals surface area contributed by atoms with Crippen LogP contribution in [0.25, 0.3) is 0 Å². The third-order valence-electron chi connectivity index (χ3n) is 3.51. The van der Waals surface area contributed by atoms with E-state index in [1.165, 1.54) is 31.4 Å². The Balaban J connectivity index is 2.29. The molecule has 1 rings (SSSR count). The Morgan fingerprint density at radius 1 is 1.20 bits per heavy atom. The lowest BCUT2D eigenvalue weighted by Gasteiger charge is -2.34. The van der Waals surface area contributed by atoms with Gasteiger partial charge in [-0.1, -0.05) is 20.4 Å². The van der Waals surface area contributed by atoms with E-state index >= 15 is 0 Å². The zero-order chi connectivity index (χ0) is 11.4. The van der Waals surface area contributed by atoms with Crippen LogP contribution in [0.2, 0.25) is 0 Å². The molecule has 1 aliphatic rings. The molecule has 0 saturated heterocycles. The predicted octanol–water partition coefficient (Wildman–Crippen LogP) is 2.62. The van der Waals surface area contributed by atoms with Crippen LogP contribution in [0.1, 0.15) is 39.5 Å². The molecule has 0 aliphatic heterocycles. The summed E-state index contributed by atoms with van der Waals surface area (Å²) in [6, 6.07) is 1.45. The second-order valence-corrected chi connectivity index (χ2v) is 5.29. The molecule has 1 aliphatic carbocycles. The zero-order valence-electron chi connectivity index (χ0n) is 10.7. The number of hydrogen-bond acceptors (Lipinski definition) is 2. The van der Waals surface area contributed by atoms with Crippen molar-refractivity contribution >= 4 is 0 Å². The Hall–Kier alpha value is -0.500. The van der Waals surface area contributed by atoms with E-state index in [4.69, 9.17) is 0 Å². The minimum atomic E-state index is 0.552. The normalized spacial score (nSPS) is 27.1. The van der Waals surface area contributed by atoms with Gasteiger partial charge < -0.3 is 10.2 Å². The monoisotopic (exact) mass is 210 g/mol. The fraction of sp³-hybridized carbons (Fsp3) is 0.846. The number of allylic oxidation sites excluding steroid dienone is 1. The van der Waals surface area contributed by atoms with Gasteiger partial charge in [-0.3, -0.25) is 0 Å². The van der Waals surface area contributed by atoms with Crippen LogP contribution in [0, 0.1) is 5.92 Å². The van der Waals surface area contributed by atoms with E-state index in [1.807, 2.05) is 0 Å². The third-order valence-corrected chi connectivity index (χ3v) is 3.51. The molecule has 0 aromatic rings. The Labute approximate surface area is 94.7 Å². The number of rotatable bonds is 4. The highest BCUT2D eigenvalue weighted by Gasteiger charge is 2.22. The molecular formula is C13H26N2. The Kier molecular flexibility index (Phi) is 4.65. The van der Waals surface area contributed by atoms with Crippen LogP contribution in [-0.2, 0) is 0 Å². The van der Waals surface area contributed by atoms with Crippen LogP contribution >= 0.6 is 0 Å². The molecule has 0 aromatic carbocycles. The lowest BCUT2D eigenvalue weighted by atomic mass is 9.90. The van der Waals surface area contributed by atoms with E-state index in [9.17, 15) is 0 Å². The van der Waals surface area contributed by atoms with Crippen LogP contribution in [0.15, 0.2) is 12.3 Å². The second kappa shape index (κ2) is 5.55. The molecule has 0 unspecified atom stereocenters. The summed E-state index contributed by atoms with van der Waals surface area (Å²) in [5.41, 5.74) is 1.20. The maximum absolute atomic E-state index is 4.08. The van der Waals surface area contributed by atoms with Gasteiger partial charge in [0.1, 0.15) is 0 Å². The van der Waals surface area contributed by atoms with Crippen molar-refractivity contribution in [3.63, 3.8) is 0 Å². The lowest BCUT2D eigenvalue weighted by Crippen LogP contribution is -2.39. The van der Waals surface area contributed by atoms with Crippen molar-refractivity contribution in [3.8, 4) is 0 Å². The molecule has 1 N–H and O–H groups in total. The Morgan fingerprint density at radius 2 is 1.73 bits per heavy atom. The van der Waals surface area contributed by atoms with Gasteiger partial charge in [-0.25, -0.2) is 0 Å². The summed E-state index contributed by atoms with van der Waals surface area (Å²) in [4.78, 5) is 2.35. The molecule has 0 bridgehead atoms. The van der Waals surface area contributed by atoms with Gasteiger partial charge in [-0.2, -0.15) is 0 Å². The molecule has 0 spiro atoms. The summed E-state index contributed by atoms with van der Waals surface area (Å²) >= 11 is 0. The SMILES string of the molecule is C=C(NC1CCC(N(C)C)CC1)C(C)C. The first kappa shape index (κ1) is 12.6. The summed E-state index contributed by atoms with van der Waals surface area (Å²) in [5.74, 6) is 0.552. The van der Waals surface area contributed by atoms with Crippen molar-refractivity contribution in [2.75, 3.05) is 14.1 Å². The summed E-state index contributed by atoms with van der Waals surface area (Å²) in [6.07, 6.45) is 5.20. The van der Waals surface area contributed by atoms with Crippen LogP contribution in [0.5, 0.6) is 0 Å². The standard InChI is InChI=1S/C13H26N2/c1-10(2)11(3)14-12-6-8-13(9-7-12)15(4)5/h10,12-14H,3,6-9H2,1-2,4-5H3. The maximum Gasteiger partial charge on any atom is 0.0259 e. The zero-order valence-corrected chi connectivity index (χ0v) is 10.7. The van der Waals surface area contributed by atoms with Crippen LogP contribution < -0.4 is 5.32 Å². The van der Waals surface area contributed by atoms with Gasteiger partial charge in [0.05, 0.1) is 0 Å². The molecule has 2 nitrogen and oxygen atoms in total. The predicted molar refractivity (Wildman–Crippen MR) is 66.8 cm³/mol. The topological polar surface area (TPSA) is 15.3 Å². The van der Waals surface area contributed by atoms with Crippen LogP contribution in [0.3, 0.4) is 0 Å². The maximum atomic E-state index is 4.08.